The third-order valence-electron chi connectivity index (χ3n) is 4.81. The lowest BCUT2D eigenvalue weighted by molar-refractivity contribution is -0.137. The number of benzene rings is 2. The topological polar surface area (TPSA) is 63.3 Å². The number of carboxylic acids is 1. The summed E-state index contributed by atoms with van der Waals surface area (Å²) < 4.78 is 44.5. The van der Waals surface area contributed by atoms with Crippen molar-refractivity contribution in [3.63, 3.8) is 0 Å². The fourth-order valence-electron chi connectivity index (χ4n) is 3.29. The SMILES string of the molecule is Cc1cccc2c(C(=O)O)cc(C=Cc3ccc(-c4cccc(C(F)(F)F)c4)o3)nc12. The van der Waals surface area contributed by atoms with Gasteiger partial charge < -0.3 is 9.52 Å². The summed E-state index contributed by atoms with van der Waals surface area (Å²) in [5.74, 6) is -0.368. The molecule has 2 heterocycles. The van der Waals surface area contributed by atoms with Crippen LogP contribution in [0.25, 0.3) is 34.4 Å². The Morgan fingerprint density at radius 3 is 2.55 bits per heavy atom. The van der Waals surface area contributed by atoms with Crippen LogP contribution < -0.4 is 0 Å². The number of fused-ring (bicyclic) bond motifs is 1. The van der Waals surface area contributed by atoms with E-state index < -0.39 is 17.7 Å². The van der Waals surface area contributed by atoms with Gasteiger partial charge >= 0.3 is 12.1 Å². The fraction of sp³-hybridized carbons (Fsp3) is 0.0833. The van der Waals surface area contributed by atoms with E-state index in [1.165, 1.54) is 18.2 Å². The van der Waals surface area contributed by atoms with Gasteiger partial charge in [0.2, 0.25) is 0 Å². The minimum absolute atomic E-state index is 0.137. The standard InChI is InChI=1S/C24H16F3NO3/c1-14-4-2-7-19-20(23(29)30)13-17(28-22(14)19)8-9-18-10-11-21(31-18)15-5-3-6-16(12-15)24(25,26)27/h2-13H,1H3,(H,29,30). The zero-order chi connectivity index (χ0) is 22.2. The third kappa shape index (κ3) is 4.21. The molecule has 0 unspecified atom stereocenters. The van der Waals surface area contributed by atoms with Gasteiger partial charge in [0.05, 0.1) is 22.3 Å². The number of carboxylic acid groups (broad SMARTS) is 1. The molecule has 0 amide bonds. The fourth-order valence-corrected chi connectivity index (χ4v) is 3.29. The number of furan rings is 1. The molecule has 31 heavy (non-hydrogen) atoms. The van der Waals surface area contributed by atoms with Crippen molar-refractivity contribution in [3.8, 4) is 11.3 Å². The van der Waals surface area contributed by atoms with Crippen molar-refractivity contribution in [1.82, 2.24) is 4.98 Å². The van der Waals surface area contributed by atoms with E-state index in [1.807, 2.05) is 13.0 Å². The minimum atomic E-state index is -4.44. The van der Waals surface area contributed by atoms with Gasteiger partial charge in [-0.2, -0.15) is 13.2 Å². The Morgan fingerprint density at radius 2 is 1.81 bits per heavy atom. The number of pyridine rings is 1. The lowest BCUT2D eigenvalue weighted by Gasteiger charge is -2.07. The third-order valence-corrected chi connectivity index (χ3v) is 4.81. The highest BCUT2D eigenvalue weighted by atomic mass is 19.4. The van der Waals surface area contributed by atoms with E-state index in [4.69, 9.17) is 4.42 Å². The number of halogens is 3. The zero-order valence-electron chi connectivity index (χ0n) is 16.3. The number of carbonyl (C=O) groups is 1. The Balaban J connectivity index is 1.66. The van der Waals surface area contributed by atoms with Crippen LogP contribution in [0.15, 0.2) is 65.1 Å². The average Bonchev–Trinajstić information content (AvgIpc) is 3.21. The molecule has 0 aliphatic carbocycles. The molecule has 4 aromatic rings. The van der Waals surface area contributed by atoms with Crippen LogP contribution in [0.5, 0.6) is 0 Å². The largest absolute Gasteiger partial charge is 0.478 e. The predicted molar refractivity (Wildman–Crippen MR) is 112 cm³/mol. The summed E-state index contributed by atoms with van der Waals surface area (Å²) >= 11 is 0. The highest BCUT2D eigenvalue weighted by Crippen LogP contribution is 2.33. The molecule has 0 saturated carbocycles. The van der Waals surface area contributed by atoms with Gasteiger partial charge in [-0.15, -0.1) is 0 Å². The molecule has 4 nitrogen and oxygen atoms in total. The molecule has 0 aliphatic rings. The lowest BCUT2D eigenvalue weighted by atomic mass is 10.0. The quantitative estimate of drug-likeness (QED) is 0.397. The van der Waals surface area contributed by atoms with Crippen molar-refractivity contribution in [3.05, 3.63) is 88.8 Å². The Morgan fingerprint density at radius 1 is 1.03 bits per heavy atom. The first-order chi connectivity index (χ1) is 14.7. The zero-order valence-corrected chi connectivity index (χ0v) is 16.3. The van der Waals surface area contributed by atoms with Crippen LogP contribution in [0.4, 0.5) is 13.2 Å². The molecule has 156 valence electrons. The molecule has 0 bridgehead atoms. The second-order valence-corrected chi connectivity index (χ2v) is 6.98. The van der Waals surface area contributed by atoms with Gasteiger partial charge in [0.15, 0.2) is 0 Å². The maximum Gasteiger partial charge on any atom is 0.416 e. The molecule has 0 fully saturated rings. The first-order valence-electron chi connectivity index (χ1n) is 9.31. The molecule has 2 aromatic heterocycles. The number of rotatable bonds is 4. The molecular weight excluding hydrogens is 407 g/mol. The van der Waals surface area contributed by atoms with Gasteiger partial charge in [-0.1, -0.05) is 30.3 Å². The second-order valence-electron chi connectivity index (χ2n) is 6.98. The van der Waals surface area contributed by atoms with Crippen LogP contribution >= 0.6 is 0 Å². The Labute approximate surface area is 175 Å². The molecule has 7 heteroatoms. The highest BCUT2D eigenvalue weighted by Gasteiger charge is 2.30. The van der Waals surface area contributed by atoms with Crippen molar-refractivity contribution >= 4 is 29.0 Å². The van der Waals surface area contributed by atoms with E-state index in [0.717, 1.165) is 17.7 Å². The second kappa shape index (κ2) is 7.75. The summed E-state index contributed by atoms with van der Waals surface area (Å²) in [7, 11) is 0. The first-order valence-corrected chi connectivity index (χ1v) is 9.31. The normalized spacial score (nSPS) is 12.0. The number of hydrogen-bond acceptors (Lipinski definition) is 3. The molecular formula is C24H16F3NO3. The molecule has 4 rings (SSSR count). The van der Waals surface area contributed by atoms with E-state index >= 15 is 0 Å². The lowest BCUT2D eigenvalue weighted by Crippen LogP contribution is -2.04. The summed E-state index contributed by atoms with van der Waals surface area (Å²) in [4.78, 5) is 16.2. The average molecular weight is 423 g/mol. The molecule has 0 saturated heterocycles. The van der Waals surface area contributed by atoms with E-state index in [9.17, 15) is 23.1 Å². The molecule has 0 atom stereocenters. The van der Waals surface area contributed by atoms with Crippen molar-refractivity contribution in [1.29, 1.82) is 0 Å². The van der Waals surface area contributed by atoms with E-state index in [2.05, 4.69) is 4.98 Å². The van der Waals surface area contributed by atoms with Crippen molar-refractivity contribution in [2.24, 2.45) is 0 Å². The summed E-state index contributed by atoms with van der Waals surface area (Å²) in [6.45, 7) is 1.85. The van der Waals surface area contributed by atoms with Crippen molar-refractivity contribution in [2.45, 2.75) is 13.1 Å². The maximum absolute atomic E-state index is 12.9. The number of alkyl halides is 3. The summed E-state index contributed by atoms with van der Waals surface area (Å²) in [6, 6.07) is 14.9. The van der Waals surface area contributed by atoms with Crippen LogP contribution in [-0.4, -0.2) is 16.1 Å². The van der Waals surface area contributed by atoms with Crippen LogP contribution in [0.2, 0.25) is 0 Å². The summed E-state index contributed by atoms with van der Waals surface area (Å²) in [5, 5.41) is 10.1. The van der Waals surface area contributed by atoms with Gasteiger partial charge in [-0.05, 0) is 55.0 Å². The van der Waals surface area contributed by atoms with Crippen LogP contribution in [0, 0.1) is 6.92 Å². The molecule has 0 aliphatic heterocycles. The number of nitrogens with zero attached hydrogens (tertiary/aromatic N) is 1. The summed E-state index contributed by atoms with van der Waals surface area (Å²) in [5.41, 5.74) is 1.55. The van der Waals surface area contributed by atoms with Gasteiger partial charge in [-0.3, -0.25) is 0 Å². The van der Waals surface area contributed by atoms with E-state index in [-0.39, 0.29) is 5.56 Å². The Bertz CT molecular complexity index is 1320. The molecule has 1 N–H and O–H groups in total. The van der Waals surface area contributed by atoms with Crippen molar-refractivity contribution < 1.29 is 27.5 Å². The van der Waals surface area contributed by atoms with Gasteiger partial charge in [0.25, 0.3) is 0 Å². The monoisotopic (exact) mass is 423 g/mol. The van der Waals surface area contributed by atoms with Crippen LogP contribution in [0.1, 0.15) is 32.9 Å². The number of hydrogen-bond donors (Lipinski definition) is 1. The van der Waals surface area contributed by atoms with E-state index in [0.29, 0.717) is 33.7 Å². The smallest absolute Gasteiger partial charge is 0.416 e. The molecule has 2 aromatic carbocycles. The van der Waals surface area contributed by atoms with Gasteiger partial charge in [-0.25, -0.2) is 9.78 Å². The van der Waals surface area contributed by atoms with Crippen molar-refractivity contribution in [2.75, 3.05) is 0 Å². The van der Waals surface area contributed by atoms with Gasteiger partial charge in [0.1, 0.15) is 11.5 Å². The van der Waals surface area contributed by atoms with E-state index in [1.54, 1.807) is 36.4 Å². The molecule has 0 radical (unpaired) electrons. The first kappa shape index (κ1) is 20.4. The maximum atomic E-state index is 12.9. The van der Waals surface area contributed by atoms with Crippen LogP contribution in [0.3, 0.4) is 0 Å². The number of aromatic carboxylic acids is 1. The number of aromatic nitrogens is 1. The number of para-hydroxylation sites is 1. The Hall–Kier alpha value is -3.87. The Kier molecular flexibility index (Phi) is 5.10. The molecule has 0 spiro atoms. The summed E-state index contributed by atoms with van der Waals surface area (Å²) in [6.07, 6.45) is -1.24. The predicted octanol–water partition coefficient (Wildman–Crippen LogP) is 6.69. The van der Waals surface area contributed by atoms with Crippen LogP contribution in [-0.2, 0) is 6.18 Å². The minimum Gasteiger partial charge on any atom is -0.478 e. The van der Waals surface area contributed by atoms with Gasteiger partial charge in [0, 0.05) is 10.9 Å². The number of aryl methyl sites for hydroxylation is 1. The highest BCUT2D eigenvalue weighted by molar-refractivity contribution is 6.03.